The van der Waals surface area contributed by atoms with Crippen molar-refractivity contribution in [3.8, 4) is 5.75 Å². The number of halogens is 1. The van der Waals surface area contributed by atoms with Crippen LogP contribution in [0, 0.1) is 0 Å². The van der Waals surface area contributed by atoms with Gasteiger partial charge in [0.2, 0.25) is 5.91 Å². The lowest BCUT2D eigenvalue weighted by molar-refractivity contribution is -0.137. The number of hydrogen-bond donors (Lipinski definition) is 2. The van der Waals surface area contributed by atoms with Gasteiger partial charge >= 0.3 is 5.97 Å². The van der Waals surface area contributed by atoms with E-state index in [9.17, 15) is 9.59 Å². The number of nitrogens with one attached hydrogen (secondary N) is 1. The Bertz CT molecular complexity index is 547. The number of ether oxygens (including phenoxy) is 1. The van der Waals surface area contributed by atoms with E-state index < -0.39 is 5.97 Å². The molecular formula is C16H20ClNO4. The van der Waals surface area contributed by atoms with E-state index >= 15 is 0 Å². The molecule has 0 fully saturated rings. The summed E-state index contributed by atoms with van der Waals surface area (Å²) < 4.78 is 5.66. The van der Waals surface area contributed by atoms with Gasteiger partial charge in [0.25, 0.3) is 0 Å². The number of hydrogen-bond acceptors (Lipinski definition) is 3. The number of carbonyl (C=O) groups is 2. The number of carboxylic acids is 1. The molecule has 1 heterocycles. The summed E-state index contributed by atoms with van der Waals surface area (Å²) in [4.78, 5) is 22.5. The highest BCUT2D eigenvalue weighted by Gasteiger charge is 2.21. The van der Waals surface area contributed by atoms with Gasteiger partial charge in [-0.05, 0) is 37.8 Å². The summed E-state index contributed by atoms with van der Waals surface area (Å²) >= 11 is 5.98. The first kappa shape index (κ1) is 16.6. The molecular weight excluding hydrogens is 306 g/mol. The molecule has 0 aromatic heterocycles. The van der Waals surface area contributed by atoms with E-state index in [4.69, 9.17) is 21.4 Å². The van der Waals surface area contributed by atoms with Crippen LogP contribution in [-0.2, 0) is 9.59 Å². The maximum absolute atomic E-state index is 12.0. The molecule has 0 radical (unpaired) electrons. The third kappa shape index (κ3) is 4.91. The first-order chi connectivity index (χ1) is 10.6. The standard InChI is InChI=1S/C16H20ClNO4/c17-11-7-8-12-13(4-3-9-22-14(12)10-11)18-15(19)5-1-2-6-16(20)21/h7-8,10,13H,1-6,9H2,(H,18,19)(H,20,21). The van der Waals surface area contributed by atoms with Gasteiger partial charge in [-0.15, -0.1) is 0 Å². The van der Waals surface area contributed by atoms with Crippen LogP contribution in [0.15, 0.2) is 18.2 Å². The van der Waals surface area contributed by atoms with Gasteiger partial charge in [0.15, 0.2) is 0 Å². The Morgan fingerprint density at radius 1 is 1.32 bits per heavy atom. The number of fused-ring (bicyclic) bond motifs is 1. The summed E-state index contributed by atoms with van der Waals surface area (Å²) in [5.74, 6) is -0.161. The number of amides is 1. The second-order valence-corrected chi connectivity index (χ2v) is 5.83. The van der Waals surface area contributed by atoms with Crippen molar-refractivity contribution >= 4 is 23.5 Å². The number of carbonyl (C=O) groups excluding carboxylic acids is 1. The maximum Gasteiger partial charge on any atom is 0.303 e. The van der Waals surface area contributed by atoms with Crippen LogP contribution in [-0.4, -0.2) is 23.6 Å². The topological polar surface area (TPSA) is 75.6 Å². The monoisotopic (exact) mass is 325 g/mol. The van der Waals surface area contributed by atoms with Crippen molar-refractivity contribution in [2.75, 3.05) is 6.61 Å². The lowest BCUT2D eigenvalue weighted by Crippen LogP contribution is -2.28. The Morgan fingerprint density at radius 3 is 2.86 bits per heavy atom. The average Bonchev–Trinajstić information content (AvgIpc) is 2.65. The summed E-state index contributed by atoms with van der Waals surface area (Å²) in [6.07, 6.45) is 3.21. The normalized spacial score (nSPS) is 17.0. The van der Waals surface area contributed by atoms with Gasteiger partial charge in [-0.3, -0.25) is 9.59 Å². The lowest BCUT2D eigenvalue weighted by Gasteiger charge is -2.18. The van der Waals surface area contributed by atoms with Crippen LogP contribution in [0.4, 0.5) is 0 Å². The van der Waals surface area contributed by atoms with Crippen molar-refractivity contribution < 1.29 is 19.4 Å². The largest absolute Gasteiger partial charge is 0.493 e. The van der Waals surface area contributed by atoms with Crippen LogP contribution in [0.1, 0.15) is 50.1 Å². The number of carboxylic acid groups (broad SMARTS) is 1. The molecule has 0 spiro atoms. The number of benzene rings is 1. The fraction of sp³-hybridized carbons (Fsp3) is 0.500. The van der Waals surface area contributed by atoms with Crippen molar-refractivity contribution in [2.45, 2.75) is 44.6 Å². The quantitative estimate of drug-likeness (QED) is 0.787. The SMILES string of the molecule is O=C(O)CCCCC(=O)NC1CCCOc2cc(Cl)ccc21. The Hall–Kier alpha value is -1.75. The number of unbranched alkanes of at least 4 members (excludes halogenated alkanes) is 1. The van der Waals surface area contributed by atoms with Crippen LogP contribution in [0.25, 0.3) is 0 Å². The third-order valence-electron chi connectivity index (χ3n) is 3.63. The van der Waals surface area contributed by atoms with Gasteiger partial charge in [-0.1, -0.05) is 17.7 Å². The van der Waals surface area contributed by atoms with E-state index in [0.29, 0.717) is 30.9 Å². The lowest BCUT2D eigenvalue weighted by atomic mass is 10.0. The van der Waals surface area contributed by atoms with Gasteiger partial charge in [-0.2, -0.15) is 0 Å². The first-order valence-corrected chi connectivity index (χ1v) is 7.87. The summed E-state index contributed by atoms with van der Waals surface area (Å²) in [6.45, 7) is 0.609. The van der Waals surface area contributed by atoms with Gasteiger partial charge in [0, 0.05) is 23.4 Å². The Labute approximate surface area is 134 Å². The van der Waals surface area contributed by atoms with Crippen molar-refractivity contribution in [1.29, 1.82) is 0 Å². The molecule has 2 N–H and O–H groups in total. The molecule has 1 aromatic rings. The van der Waals surface area contributed by atoms with E-state index in [1.807, 2.05) is 6.07 Å². The second-order valence-electron chi connectivity index (χ2n) is 5.39. The average molecular weight is 326 g/mol. The molecule has 0 saturated heterocycles. The van der Waals surface area contributed by atoms with E-state index in [2.05, 4.69) is 5.32 Å². The van der Waals surface area contributed by atoms with Crippen LogP contribution >= 0.6 is 11.6 Å². The molecule has 1 aliphatic heterocycles. The molecule has 22 heavy (non-hydrogen) atoms. The molecule has 120 valence electrons. The molecule has 0 bridgehead atoms. The predicted octanol–water partition coefficient (Wildman–Crippen LogP) is 3.31. The first-order valence-electron chi connectivity index (χ1n) is 7.49. The molecule has 0 aliphatic carbocycles. The summed E-state index contributed by atoms with van der Waals surface area (Å²) in [6, 6.07) is 5.37. The van der Waals surface area contributed by atoms with Crippen molar-refractivity contribution in [2.24, 2.45) is 0 Å². The molecule has 1 atom stereocenters. The zero-order chi connectivity index (χ0) is 15.9. The van der Waals surface area contributed by atoms with Crippen LogP contribution < -0.4 is 10.1 Å². The van der Waals surface area contributed by atoms with Crippen molar-refractivity contribution in [3.05, 3.63) is 28.8 Å². The highest BCUT2D eigenvalue weighted by atomic mass is 35.5. The molecule has 0 saturated carbocycles. The zero-order valence-electron chi connectivity index (χ0n) is 12.3. The molecule has 1 unspecified atom stereocenters. The molecule has 1 amide bonds. The van der Waals surface area contributed by atoms with Crippen LogP contribution in [0.3, 0.4) is 0 Å². The Balaban J connectivity index is 1.92. The number of rotatable bonds is 6. The smallest absolute Gasteiger partial charge is 0.303 e. The minimum atomic E-state index is -0.827. The van der Waals surface area contributed by atoms with E-state index in [0.717, 1.165) is 24.2 Å². The number of aliphatic carboxylic acids is 1. The minimum Gasteiger partial charge on any atom is -0.493 e. The summed E-state index contributed by atoms with van der Waals surface area (Å²) in [7, 11) is 0. The van der Waals surface area contributed by atoms with Crippen LogP contribution in [0.2, 0.25) is 5.02 Å². The maximum atomic E-state index is 12.0. The Kier molecular flexibility index (Phi) is 6.07. The van der Waals surface area contributed by atoms with Crippen LogP contribution in [0.5, 0.6) is 5.75 Å². The van der Waals surface area contributed by atoms with Gasteiger partial charge in [-0.25, -0.2) is 0 Å². The summed E-state index contributed by atoms with van der Waals surface area (Å²) in [5, 5.41) is 12.2. The minimum absolute atomic E-state index is 0.0572. The third-order valence-corrected chi connectivity index (χ3v) is 3.86. The zero-order valence-corrected chi connectivity index (χ0v) is 13.1. The van der Waals surface area contributed by atoms with Crippen molar-refractivity contribution in [3.63, 3.8) is 0 Å². The van der Waals surface area contributed by atoms with E-state index in [-0.39, 0.29) is 18.4 Å². The highest BCUT2D eigenvalue weighted by Crippen LogP contribution is 2.33. The molecule has 6 heteroatoms. The predicted molar refractivity (Wildman–Crippen MR) is 83.2 cm³/mol. The molecule has 5 nitrogen and oxygen atoms in total. The molecule has 1 aliphatic rings. The molecule has 1 aromatic carbocycles. The van der Waals surface area contributed by atoms with Crippen molar-refractivity contribution in [1.82, 2.24) is 5.32 Å². The van der Waals surface area contributed by atoms with E-state index in [1.165, 1.54) is 0 Å². The van der Waals surface area contributed by atoms with Gasteiger partial charge < -0.3 is 15.2 Å². The van der Waals surface area contributed by atoms with E-state index in [1.54, 1.807) is 12.1 Å². The van der Waals surface area contributed by atoms with Gasteiger partial charge in [0.1, 0.15) is 5.75 Å². The fourth-order valence-corrected chi connectivity index (χ4v) is 2.69. The second kappa shape index (κ2) is 8.03. The molecule has 2 rings (SSSR count). The highest BCUT2D eigenvalue weighted by molar-refractivity contribution is 6.30. The summed E-state index contributed by atoms with van der Waals surface area (Å²) in [5.41, 5.74) is 0.945. The van der Waals surface area contributed by atoms with Gasteiger partial charge in [0.05, 0.1) is 12.6 Å². The Morgan fingerprint density at radius 2 is 2.09 bits per heavy atom. The fourth-order valence-electron chi connectivity index (χ4n) is 2.52.